The predicted octanol–water partition coefficient (Wildman–Crippen LogP) is 8.06. The molecule has 0 aliphatic rings. The van der Waals surface area contributed by atoms with E-state index < -0.39 is 0 Å². The number of hydrogen-bond donors (Lipinski definition) is 2. The zero-order valence-electron chi connectivity index (χ0n) is 24.1. The number of rotatable bonds is 8. The highest BCUT2D eigenvalue weighted by Gasteiger charge is 2.15. The molecule has 0 bridgehead atoms. The third kappa shape index (κ3) is 4.86. The quantitative estimate of drug-likeness (QED) is 0.175. The van der Waals surface area contributed by atoms with Crippen molar-refractivity contribution in [1.82, 2.24) is 9.97 Å². The van der Waals surface area contributed by atoms with Crippen molar-refractivity contribution >= 4 is 43.6 Å². The molecule has 2 N–H and O–H groups in total. The lowest BCUT2D eigenvalue weighted by molar-refractivity contribution is 0.339. The highest BCUT2D eigenvalue weighted by atomic mass is 16.5. The SMILES string of the molecule is CCOc1ccc(Oc2cccc3c(=O)c4cc5[nH]c6c(Oc7ccc(OCC)cc7)cccc6c(=O)c5cc4[nH]c23)cc1. The lowest BCUT2D eigenvalue weighted by Gasteiger charge is -2.12. The van der Waals surface area contributed by atoms with Gasteiger partial charge < -0.3 is 28.9 Å². The highest BCUT2D eigenvalue weighted by molar-refractivity contribution is 6.04. The standard InChI is InChI=1S/C36H28N2O6/c1-3-41-21-11-15-23(16-12-21)43-31-9-5-7-25-33(31)37-29-19-28-30(20-27(29)35(25)39)38-34-26(36(28)40)8-6-10-32(34)44-24-17-13-22(14-18-24)42-4-2/h5-20H,3-4H2,1-2H3,(H,37,39)(H,38,40). The van der Waals surface area contributed by atoms with E-state index >= 15 is 0 Å². The first-order valence-corrected chi connectivity index (χ1v) is 14.4. The molecule has 7 aromatic rings. The normalized spacial score (nSPS) is 11.3. The smallest absolute Gasteiger partial charge is 0.197 e. The molecule has 2 aromatic heterocycles. The van der Waals surface area contributed by atoms with Gasteiger partial charge in [0.15, 0.2) is 22.4 Å². The maximum Gasteiger partial charge on any atom is 0.197 e. The Kier molecular flexibility index (Phi) is 6.86. The Morgan fingerprint density at radius 3 is 1.27 bits per heavy atom. The molecule has 2 heterocycles. The van der Waals surface area contributed by atoms with Gasteiger partial charge in [-0.15, -0.1) is 0 Å². The Hall–Kier alpha value is -5.76. The van der Waals surface area contributed by atoms with Crippen LogP contribution in [0.15, 0.2) is 107 Å². The number of fused-ring (bicyclic) bond motifs is 4. The van der Waals surface area contributed by atoms with Gasteiger partial charge in [0.05, 0.1) is 35.3 Å². The van der Waals surface area contributed by atoms with Gasteiger partial charge in [-0.3, -0.25) is 9.59 Å². The molecule has 8 heteroatoms. The third-order valence-electron chi connectivity index (χ3n) is 7.43. The average Bonchev–Trinajstić information content (AvgIpc) is 3.04. The molecule has 0 aliphatic carbocycles. The summed E-state index contributed by atoms with van der Waals surface area (Å²) in [6.45, 7) is 5.00. The van der Waals surface area contributed by atoms with E-state index in [9.17, 15) is 9.59 Å². The third-order valence-corrected chi connectivity index (χ3v) is 7.43. The van der Waals surface area contributed by atoms with Gasteiger partial charge in [0.1, 0.15) is 23.0 Å². The Bertz CT molecular complexity index is 2120. The van der Waals surface area contributed by atoms with Crippen molar-refractivity contribution in [3.63, 3.8) is 0 Å². The van der Waals surface area contributed by atoms with Crippen LogP contribution in [0.1, 0.15) is 13.8 Å². The predicted molar refractivity (Wildman–Crippen MR) is 173 cm³/mol. The Labute approximate surface area is 251 Å². The van der Waals surface area contributed by atoms with Gasteiger partial charge in [-0.25, -0.2) is 0 Å². The first kappa shape index (κ1) is 27.1. The van der Waals surface area contributed by atoms with Crippen LogP contribution in [-0.4, -0.2) is 23.2 Å². The molecule has 7 rings (SSSR count). The summed E-state index contributed by atoms with van der Waals surface area (Å²) in [4.78, 5) is 34.2. The lowest BCUT2D eigenvalue weighted by atomic mass is 10.0. The first-order valence-electron chi connectivity index (χ1n) is 14.4. The monoisotopic (exact) mass is 584 g/mol. The van der Waals surface area contributed by atoms with Crippen molar-refractivity contribution in [2.75, 3.05) is 13.2 Å². The zero-order valence-corrected chi connectivity index (χ0v) is 24.1. The number of benzene rings is 5. The van der Waals surface area contributed by atoms with E-state index in [1.165, 1.54) is 0 Å². The van der Waals surface area contributed by atoms with E-state index in [4.69, 9.17) is 18.9 Å². The molecular weight excluding hydrogens is 556 g/mol. The van der Waals surface area contributed by atoms with Gasteiger partial charge in [0.2, 0.25) is 0 Å². The van der Waals surface area contributed by atoms with E-state index in [1.807, 2.05) is 62.4 Å². The minimum atomic E-state index is -0.173. The molecule has 0 unspecified atom stereocenters. The number of aromatic amines is 2. The number of hydrogen-bond acceptors (Lipinski definition) is 6. The summed E-state index contributed by atoms with van der Waals surface area (Å²) in [6.07, 6.45) is 0. The van der Waals surface area contributed by atoms with Gasteiger partial charge >= 0.3 is 0 Å². The van der Waals surface area contributed by atoms with Gasteiger partial charge in [0, 0.05) is 21.5 Å². The number of pyridine rings is 2. The largest absolute Gasteiger partial charge is 0.494 e. The van der Waals surface area contributed by atoms with Crippen molar-refractivity contribution in [2.24, 2.45) is 0 Å². The fourth-order valence-electron chi connectivity index (χ4n) is 5.41. The van der Waals surface area contributed by atoms with Crippen LogP contribution < -0.4 is 29.8 Å². The van der Waals surface area contributed by atoms with E-state index in [1.54, 1.807) is 48.5 Å². The number of para-hydroxylation sites is 2. The van der Waals surface area contributed by atoms with Crippen LogP contribution in [-0.2, 0) is 0 Å². The summed E-state index contributed by atoms with van der Waals surface area (Å²) >= 11 is 0. The highest BCUT2D eigenvalue weighted by Crippen LogP contribution is 2.33. The second kappa shape index (κ2) is 11.1. The summed E-state index contributed by atoms with van der Waals surface area (Å²) in [7, 11) is 0. The van der Waals surface area contributed by atoms with Crippen LogP contribution >= 0.6 is 0 Å². The average molecular weight is 585 g/mol. The van der Waals surface area contributed by atoms with Crippen molar-refractivity contribution in [3.8, 4) is 34.5 Å². The van der Waals surface area contributed by atoms with Crippen LogP contribution in [0, 0.1) is 0 Å². The van der Waals surface area contributed by atoms with E-state index in [0.717, 1.165) is 11.5 Å². The second-order valence-electron chi connectivity index (χ2n) is 10.2. The molecule has 0 amide bonds. The Morgan fingerprint density at radius 2 is 0.886 bits per heavy atom. The molecule has 0 fully saturated rings. The summed E-state index contributed by atoms with van der Waals surface area (Å²) in [5.74, 6) is 3.69. The minimum Gasteiger partial charge on any atom is -0.494 e. The molecule has 0 aliphatic heterocycles. The maximum absolute atomic E-state index is 13.8. The van der Waals surface area contributed by atoms with Crippen molar-refractivity contribution in [1.29, 1.82) is 0 Å². The summed E-state index contributed by atoms with van der Waals surface area (Å²) < 4.78 is 23.4. The van der Waals surface area contributed by atoms with E-state index in [-0.39, 0.29) is 10.9 Å². The van der Waals surface area contributed by atoms with Gasteiger partial charge in [0.25, 0.3) is 0 Å². The molecule has 0 radical (unpaired) electrons. The van der Waals surface area contributed by atoms with Gasteiger partial charge in [-0.05, 0) is 98.8 Å². The number of nitrogens with one attached hydrogen (secondary N) is 2. The Balaban J connectivity index is 1.33. The Morgan fingerprint density at radius 1 is 0.500 bits per heavy atom. The zero-order chi connectivity index (χ0) is 30.2. The topological polar surface area (TPSA) is 103 Å². The van der Waals surface area contributed by atoms with Crippen LogP contribution in [0.2, 0.25) is 0 Å². The van der Waals surface area contributed by atoms with Gasteiger partial charge in [-0.2, -0.15) is 0 Å². The molecule has 0 spiro atoms. The molecule has 0 atom stereocenters. The van der Waals surface area contributed by atoms with E-state index in [0.29, 0.717) is 79.8 Å². The lowest BCUT2D eigenvalue weighted by Crippen LogP contribution is -2.09. The fourth-order valence-corrected chi connectivity index (χ4v) is 5.41. The molecular formula is C36H28N2O6. The van der Waals surface area contributed by atoms with Crippen LogP contribution in [0.3, 0.4) is 0 Å². The molecule has 44 heavy (non-hydrogen) atoms. The molecule has 218 valence electrons. The summed E-state index contributed by atoms with van der Waals surface area (Å²) in [6, 6.07) is 28.7. The molecule has 0 saturated carbocycles. The van der Waals surface area contributed by atoms with E-state index in [2.05, 4.69) is 9.97 Å². The van der Waals surface area contributed by atoms with Crippen molar-refractivity contribution in [3.05, 3.63) is 118 Å². The first-order chi connectivity index (χ1) is 21.5. The van der Waals surface area contributed by atoms with Gasteiger partial charge in [-0.1, -0.05) is 12.1 Å². The summed E-state index contributed by atoms with van der Waals surface area (Å²) in [5.41, 5.74) is 1.80. The minimum absolute atomic E-state index is 0.173. The van der Waals surface area contributed by atoms with Crippen LogP contribution in [0.25, 0.3) is 43.6 Å². The van der Waals surface area contributed by atoms with Crippen LogP contribution in [0.4, 0.5) is 0 Å². The number of H-pyrrole nitrogens is 2. The molecule has 5 aromatic carbocycles. The fraction of sp³-hybridized carbons (Fsp3) is 0.111. The summed E-state index contributed by atoms with van der Waals surface area (Å²) in [5, 5.41) is 1.84. The van der Waals surface area contributed by atoms with Crippen LogP contribution in [0.5, 0.6) is 34.5 Å². The molecule has 0 saturated heterocycles. The van der Waals surface area contributed by atoms with Crippen molar-refractivity contribution in [2.45, 2.75) is 13.8 Å². The number of ether oxygens (including phenoxy) is 4. The second-order valence-corrected chi connectivity index (χ2v) is 10.2. The molecule has 8 nitrogen and oxygen atoms in total. The van der Waals surface area contributed by atoms with Crippen molar-refractivity contribution < 1.29 is 18.9 Å². The number of aromatic nitrogens is 2. The maximum atomic E-state index is 13.8.